The highest BCUT2D eigenvalue weighted by Crippen LogP contribution is 2.35. The van der Waals surface area contributed by atoms with Crippen LogP contribution >= 0.6 is 15.9 Å². The van der Waals surface area contributed by atoms with E-state index < -0.39 is 0 Å². The van der Waals surface area contributed by atoms with Crippen LogP contribution < -0.4 is 4.74 Å². The van der Waals surface area contributed by atoms with E-state index in [1.165, 1.54) is 5.56 Å². The number of aromatic nitrogens is 1. The van der Waals surface area contributed by atoms with E-state index in [2.05, 4.69) is 37.9 Å². The molecule has 0 aliphatic carbocycles. The van der Waals surface area contributed by atoms with Crippen molar-refractivity contribution in [2.24, 2.45) is 0 Å². The highest BCUT2D eigenvalue weighted by molar-refractivity contribution is 9.10. The fourth-order valence-corrected chi connectivity index (χ4v) is 3.40. The highest BCUT2D eigenvalue weighted by atomic mass is 79.9. The number of halogens is 1. The first-order valence-corrected chi connectivity index (χ1v) is 7.99. The van der Waals surface area contributed by atoms with Crippen molar-refractivity contribution in [3.05, 3.63) is 34.4 Å². The Balaban J connectivity index is 1.98. The molecule has 1 saturated heterocycles. The molecule has 0 spiro atoms. The van der Waals surface area contributed by atoms with E-state index in [-0.39, 0.29) is 0 Å². The van der Waals surface area contributed by atoms with Crippen LogP contribution in [0.3, 0.4) is 0 Å². The molecule has 0 N–H and O–H groups in total. The molecule has 1 aromatic carbocycles. The van der Waals surface area contributed by atoms with E-state index in [1.807, 2.05) is 6.07 Å². The van der Waals surface area contributed by atoms with Gasteiger partial charge >= 0.3 is 0 Å². The minimum absolute atomic E-state index is 0.800. The van der Waals surface area contributed by atoms with Crippen molar-refractivity contribution >= 4 is 26.8 Å². The first kappa shape index (κ1) is 14.8. The summed E-state index contributed by atoms with van der Waals surface area (Å²) in [5.41, 5.74) is 2.18. The summed E-state index contributed by atoms with van der Waals surface area (Å²) in [6, 6.07) is 6.24. The molecular weight excluding hydrogens is 332 g/mol. The van der Waals surface area contributed by atoms with Crippen molar-refractivity contribution in [3.8, 4) is 5.75 Å². The second kappa shape index (κ2) is 6.73. The standard InChI is InChI=1S/C16H19BrN2O2/c1-20-16-14(17)10-12(13-4-2-5-18-15(13)16)11-19-6-3-8-21-9-7-19/h2,4-5,10H,3,6-9,11H2,1H3. The molecular formula is C16H19BrN2O2. The van der Waals surface area contributed by atoms with Gasteiger partial charge in [-0.3, -0.25) is 9.88 Å². The van der Waals surface area contributed by atoms with Crippen molar-refractivity contribution in [1.29, 1.82) is 0 Å². The third-order valence-corrected chi connectivity index (χ3v) is 4.39. The van der Waals surface area contributed by atoms with Gasteiger partial charge in [0, 0.05) is 37.8 Å². The lowest BCUT2D eigenvalue weighted by Crippen LogP contribution is -2.26. The van der Waals surface area contributed by atoms with Crippen molar-refractivity contribution < 1.29 is 9.47 Å². The van der Waals surface area contributed by atoms with Crippen molar-refractivity contribution in [2.45, 2.75) is 13.0 Å². The third-order valence-electron chi connectivity index (χ3n) is 3.80. The Hall–Kier alpha value is -1.17. The lowest BCUT2D eigenvalue weighted by molar-refractivity contribution is 0.140. The van der Waals surface area contributed by atoms with E-state index in [4.69, 9.17) is 9.47 Å². The zero-order valence-electron chi connectivity index (χ0n) is 12.1. The number of hydrogen-bond acceptors (Lipinski definition) is 4. The SMILES string of the molecule is COc1c(Br)cc(CN2CCCOCC2)c2cccnc12. The van der Waals surface area contributed by atoms with Crippen LogP contribution in [0.5, 0.6) is 5.75 Å². The van der Waals surface area contributed by atoms with Crippen LogP contribution in [0.4, 0.5) is 0 Å². The minimum atomic E-state index is 0.800. The molecule has 0 amide bonds. The summed E-state index contributed by atoms with van der Waals surface area (Å²) in [6.07, 6.45) is 2.90. The molecule has 21 heavy (non-hydrogen) atoms. The molecule has 4 nitrogen and oxygen atoms in total. The summed E-state index contributed by atoms with van der Waals surface area (Å²) in [7, 11) is 1.68. The molecule has 112 valence electrons. The van der Waals surface area contributed by atoms with Gasteiger partial charge in [-0.25, -0.2) is 0 Å². The molecule has 1 aliphatic rings. The van der Waals surface area contributed by atoms with Crippen molar-refractivity contribution in [2.75, 3.05) is 33.4 Å². The van der Waals surface area contributed by atoms with Crippen LogP contribution in [0.2, 0.25) is 0 Å². The van der Waals surface area contributed by atoms with E-state index >= 15 is 0 Å². The maximum Gasteiger partial charge on any atom is 0.159 e. The molecule has 2 aromatic rings. The smallest absolute Gasteiger partial charge is 0.159 e. The van der Waals surface area contributed by atoms with Gasteiger partial charge in [0.05, 0.1) is 18.2 Å². The Kier molecular flexibility index (Phi) is 4.73. The molecule has 0 radical (unpaired) electrons. The van der Waals surface area contributed by atoms with Crippen molar-refractivity contribution in [3.63, 3.8) is 0 Å². The quantitative estimate of drug-likeness (QED) is 0.851. The Labute approximate surface area is 133 Å². The average Bonchev–Trinajstić information content (AvgIpc) is 2.76. The summed E-state index contributed by atoms with van der Waals surface area (Å²) in [5, 5.41) is 1.16. The number of rotatable bonds is 3. The van der Waals surface area contributed by atoms with E-state index in [9.17, 15) is 0 Å². The number of fused-ring (bicyclic) bond motifs is 1. The molecule has 2 heterocycles. The first-order chi connectivity index (χ1) is 10.3. The monoisotopic (exact) mass is 350 g/mol. The largest absolute Gasteiger partial charge is 0.493 e. The molecule has 0 atom stereocenters. The molecule has 0 bridgehead atoms. The van der Waals surface area contributed by atoms with Crippen LogP contribution in [0.1, 0.15) is 12.0 Å². The zero-order valence-corrected chi connectivity index (χ0v) is 13.7. The first-order valence-electron chi connectivity index (χ1n) is 7.20. The maximum atomic E-state index is 5.53. The van der Waals surface area contributed by atoms with Gasteiger partial charge in [0.1, 0.15) is 5.52 Å². The number of benzene rings is 1. The van der Waals surface area contributed by atoms with Gasteiger partial charge in [0.15, 0.2) is 5.75 Å². The summed E-state index contributed by atoms with van der Waals surface area (Å²) in [4.78, 5) is 6.93. The summed E-state index contributed by atoms with van der Waals surface area (Å²) < 4.78 is 12.0. The molecule has 1 aliphatic heterocycles. The Morgan fingerprint density at radius 1 is 1.38 bits per heavy atom. The topological polar surface area (TPSA) is 34.6 Å². The van der Waals surface area contributed by atoms with E-state index in [0.717, 1.165) is 60.4 Å². The molecule has 1 aromatic heterocycles. The second-order valence-corrected chi connectivity index (χ2v) is 6.05. The Bertz CT molecular complexity index is 625. The summed E-state index contributed by atoms with van der Waals surface area (Å²) >= 11 is 3.60. The van der Waals surface area contributed by atoms with E-state index in [1.54, 1.807) is 13.3 Å². The van der Waals surface area contributed by atoms with Crippen LogP contribution in [-0.4, -0.2) is 43.3 Å². The van der Waals surface area contributed by atoms with E-state index in [0.29, 0.717) is 0 Å². The average molecular weight is 351 g/mol. The number of nitrogens with zero attached hydrogens (tertiary/aromatic N) is 2. The lowest BCUT2D eigenvalue weighted by atomic mass is 10.1. The Morgan fingerprint density at radius 3 is 3.14 bits per heavy atom. The third kappa shape index (κ3) is 3.20. The van der Waals surface area contributed by atoms with Gasteiger partial charge in [-0.2, -0.15) is 0 Å². The lowest BCUT2D eigenvalue weighted by Gasteiger charge is -2.21. The molecule has 1 fully saturated rings. The molecule has 3 rings (SSSR count). The molecule has 0 saturated carbocycles. The number of methoxy groups -OCH3 is 1. The second-order valence-electron chi connectivity index (χ2n) is 5.19. The normalized spacial score (nSPS) is 16.9. The summed E-state index contributed by atoms with van der Waals surface area (Å²) in [5.74, 6) is 0.800. The predicted octanol–water partition coefficient (Wildman–Crippen LogP) is 3.23. The van der Waals surface area contributed by atoms with Gasteiger partial charge < -0.3 is 9.47 Å². The van der Waals surface area contributed by atoms with Crippen LogP contribution in [0.15, 0.2) is 28.9 Å². The van der Waals surface area contributed by atoms with Gasteiger partial charge in [-0.1, -0.05) is 6.07 Å². The van der Waals surface area contributed by atoms with Gasteiger partial charge in [-0.15, -0.1) is 0 Å². The van der Waals surface area contributed by atoms with Crippen LogP contribution in [0, 0.1) is 0 Å². The van der Waals surface area contributed by atoms with Gasteiger partial charge in [-0.05, 0) is 40.0 Å². The van der Waals surface area contributed by atoms with Gasteiger partial charge in [0.2, 0.25) is 0 Å². The number of ether oxygens (including phenoxy) is 2. The van der Waals surface area contributed by atoms with Crippen molar-refractivity contribution in [1.82, 2.24) is 9.88 Å². The fourth-order valence-electron chi connectivity index (χ4n) is 2.78. The maximum absolute atomic E-state index is 5.53. The number of pyridine rings is 1. The highest BCUT2D eigenvalue weighted by Gasteiger charge is 2.15. The minimum Gasteiger partial charge on any atom is -0.493 e. The van der Waals surface area contributed by atoms with Gasteiger partial charge in [0.25, 0.3) is 0 Å². The zero-order chi connectivity index (χ0) is 14.7. The number of hydrogen-bond donors (Lipinski definition) is 0. The van der Waals surface area contributed by atoms with Crippen LogP contribution in [0.25, 0.3) is 10.9 Å². The predicted molar refractivity (Wildman–Crippen MR) is 86.7 cm³/mol. The summed E-state index contributed by atoms with van der Waals surface area (Å²) in [6.45, 7) is 4.64. The molecule has 5 heteroatoms. The van der Waals surface area contributed by atoms with Crippen LogP contribution in [-0.2, 0) is 11.3 Å². The Morgan fingerprint density at radius 2 is 2.29 bits per heavy atom. The fraction of sp³-hybridized carbons (Fsp3) is 0.438. The molecule has 0 unspecified atom stereocenters.